The molecule has 2 N–H and O–H groups in total. The van der Waals surface area contributed by atoms with Gasteiger partial charge in [0, 0.05) is 23.0 Å². The summed E-state index contributed by atoms with van der Waals surface area (Å²) in [5, 5.41) is 6.99. The molecule has 0 saturated heterocycles. The van der Waals surface area contributed by atoms with E-state index in [9.17, 15) is 9.59 Å². The van der Waals surface area contributed by atoms with Gasteiger partial charge in [0.2, 0.25) is 11.8 Å². The predicted molar refractivity (Wildman–Crippen MR) is 95.2 cm³/mol. The van der Waals surface area contributed by atoms with Crippen LogP contribution in [0.15, 0.2) is 33.8 Å². The van der Waals surface area contributed by atoms with Crippen molar-refractivity contribution in [2.24, 2.45) is 11.0 Å². The smallest absolute Gasteiger partial charge is 0.240 e. The summed E-state index contributed by atoms with van der Waals surface area (Å²) >= 11 is 3.37. The number of hydrogen-bond donors (Lipinski definition) is 2. The lowest BCUT2D eigenvalue weighted by molar-refractivity contribution is -0.124. The van der Waals surface area contributed by atoms with Crippen molar-refractivity contribution in [3.05, 3.63) is 28.7 Å². The molecule has 0 unspecified atom stereocenters. The van der Waals surface area contributed by atoms with Crippen LogP contribution in [-0.4, -0.2) is 17.5 Å². The van der Waals surface area contributed by atoms with Crippen LogP contribution in [0.1, 0.15) is 45.4 Å². The third kappa shape index (κ3) is 5.78. The molecule has 5 nitrogen and oxygen atoms in total. The molecule has 124 valence electrons. The first-order valence-electron chi connectivity index (χ1n) is 7.96. The number of hydrazone groups is 1. The molecule has 1 saturated carbocycles. The highest BCUT2D eigenvalue weighted by molar-refractivity contribution is 9.10. The van der Waals surface area contributed by atoms with E-state index in [1.54, 1.807) is 6.07 Å². The Labute approximate surface area is 145 Å². The first-order chi connectivity index (χ1) is 11.1. The highest BCUT2D eigenvalue weighted by atomic mass is 79.9. The molecule has 0 heterocycles. The number of halogens is 1. The van der Waals surface area contributed by atoms with Gasteiger partial charge in [-0.1, -0.05) is 25.5 Å². The molecule has 1 aromatic rings. The van der Waals surface area contributed by atoms with Gasteiger partial charge in [-0.3, -0.25) is 9.59 Å². The monoisotopic (exact) mass is 379 g/mol. The van der Waals surface area contributed by atoms with E-state index in [-0.39, 0.29) is 24.7 Å². The maximum Gasteiger partial charge on any atom is 0.240 e. The lowest BCUT2D eigenvalue weighted by atomic mass is 9.89. The molecule has 0 spiro atoms. The van der Waals surface area contributed by atoms with Gasteiger partial charge in [0.15, 0.2) is 0 Å². The number of hydrogen-bond acceptors (Lipinski definition) is 3. The summed E-state index contributed by atoms with van der Waals surface area (Å²) in [6, 6.07) is 7.37. The van der Waals surface area contributed by atoms with Crippen molar-refractivity contribution in [3.63, 3.8) is 0 Å². The fraction of sp³-hybridized carbons (Fsp3) is 0.471. The fourth-order valence-corrected chi connectivity index (χ4v) is 2.91. The van der Waals surface area contributed by atoms with E-state index < -0.39 is 0 Å². The van der Waals surface area contributed by atoms with Crippen molar-refractivity contribution >= 4 is 39.1 Å². The standard InChI is InChI=1S/C17H22BrN3O2/c1-12-6-2-4-8-14(12)20-21-17(23)11-10-16(22)19-15-9-5-3-7-13(15)18/h3,5,7,9,12H,2,4,6,8,10-11H2,1H3,(H,19,22)(H,21,23)/t12-/m1/s1. The maximum atomic E-state index is 11.9. The van der Waals surface area contributed by atoms with E-state index in [0.29, 0.717) is 11.6 Å². The van der Waals surface area contributed by atoms with Crippen LogP contribution in [0.25, 0.3) is 0 Å². The van der Waals surface area contributed by atoms with Gasteiger partial charge in [-0.05, 0) is 53.2 Å². The van der Waals surface area contributed by atoms with Gasteiger partial charge in [-0.2, -0.15) is 5.10 Å². The van der Waals surface area contributed by atoms with Gasteiger partial charge in [0.25, 0.3) is 0 Å². The molecule has 0 aliphatic heterocycles. The van der Waals surface area contributed by atoms with Crippen LogP contribution in [-0.2, 0) is 9.59 Å². The topological polar surface area (TPSA) is 70.6 Å². The SMILES string of the molecule is C[C@@H]1CCCCC1=NNC(=O)CCC(=O)Nc1ccccc1Br. The molecular weight excluding hydrogens is 358 g/mol. The second-order valence-electron chi connectivity index (χ2n) is 5.81. The number of amides is 2. The molecular formula is C17H22BrN3O2. The Hall–Kier alpha value is -1.69. The number of rotatable bonds is 5. The summed E-state index contributed by atoms with van der Waals surface area (Å²) in [5.41, 5.74) is 4.33. The normalized spacial score (nSPS) is 19.4. The van der Waals surface area contributed by atoms with Crippen LogP contribution >= 0.6 is 15.9 Å². The summed E-state index contributed by atoms with van der Waals surface area (Å²) < 4.78 is 0.815. The third-order valence-electron chi connectivity index (χ3n) is 3.94. The average Bonchev–Trinajstić information content (AvgIpc) is 2.54. The minimum Gasteiger partial charge on any atom is -0.325 e. The number of carbonyl (C=O) groups excluding carboxylic acids is 2. The molecule has 2 amide bonds. The zero-order chi connectivity index (χ0) is 16.7. The molecule has 1 aromatic carbocycles. The molecule has 1 fully saturated rings. The van der Waals surface area contributed by atoms with Gasteiger partial charge in [-0.15, -0.1) is 0 Å². The van der Waals surface area contributed by atoms with E-state index in [2.05, 4.69) is 38.7 Å². The molecule has 1 atom stereocenters. The lowest BCUT2D eigenvalue weighted by Crippen LogP contribution is -2.25. The van der Waals surface area contributed by atoms with Crippen molar-refractivity contribution in [1.82, 2.24) is 5.43 Å². The highest BCUT2D eigenvalue weighted by Gasteiger charge is 2.16. The zero-order valence-corrected chi connectivity index (χ0v) is 14.9. The minimum atomic E-state index is -0.224. The number of nitrogens with one attached hydrogen (secondary N) is 2. The molecule has 2 rings (SSSR count). The van der Waals surface area contributed by atoms with Crippen LogP contribution in [0.4, 0.5) is 5.69 Å². The number of nitrogens with zero attached hydrogens (tertiary/aromatic N) is 1. The van der Waals surface area contributed by atoms with Gasteiger partial charge >= 0.3 is 0 Å². The Balaban J connectivity index is 1.74. The quantitative estimate of drug-likeness (QED) is 0.762. The van der Waals surface area contributed by atoms with E-state index in [1.165, 1.54) is 6.42 Å². The number of carbonyl (C=O) groups is 2. The van der Waals surface area contributed by atoms with E-state index >= 15 is 0 Å². The van der Waals surface area contributed by atoms with E-state index in [1.807, 2.05) is 18.2 Å². The van der Waals surface area contributed by atoms with Crippen LogP contribution in [0.3, 0.4) is 0 Å². The van der Waals surface area contributed by atoms with Gasteiger partial charge in [0.05, 0.1) is 5.69 Å². The predicted octanol–water partition coefficient (Wildman–Crippen LogP) is 3.85. The average molecular weight is 380 g/mol. The van der Waals surface area contributed by atoms with Gasteiger partial charge in [-0.25, -0.2) is 5.43 Å². The third-order valence-corrected chi connectivity index (χ3v) is 4.63. The Bertz CT molecular complexity index is 601. The molecule has 1 aliphatic carbocycles. The Morgan fingerprint density at radius 2 is 1.96 bits per heavy atom. The van der Waals surface area contributed by atoms with Crippen LogP contribution in [0.2, 0.25) is 0 Å². The van der Waals surface area contributed by atoms with E-state index in [4.69, 9.17) is 0 Å². The van der Waals surface area contributed by atoms with Crippen LogP contribution < -0.4 is 10.7 Å². The summed E-state index contributed by atoms with van der Waals surface area (Å²) in [4.78, 5) is 23.7. The van der Waals surface area contributed by atoms with Gasteiger partial charge in [0.1, 0.15) is 0 Å². The van der Waals surface area contributed by atoms with Crippen molar-refractivity contribution in [2.45, 2.75) is 45.4 Å². The Kier molecular flexibility index (Phi) is 6.77. The molecule has 0 radical (unpaired) electrons. The van der Waals surface area contributed by atoms with Crippen LogP contribution in [0, 0.1) is 5.92 Å². The Morgan fingerprint density at radius 1 is 1.22 bits per heavy atom. The summed E-state index contributed by atoms with van der Waals surface area (Å²) in [6.45, 7) is 2.13. The summed E-state index contributed by atoms with van der Waals surface area (Å²) in [5.74, 6) is 0.0195. The minimum absolute atomic E-state index is 0.126. The highest BCUT2D eigenvalue weighted by Crippen LogP contribution is 2.22. The molecule has 0 bridgehead atoms. The number of anilines is 1. The van der Waals surface area contributed by atoms with Gasteiger partial charge < -0.3 is 5.32 Å². The first kappa shape index (κ1) is 17.7. The Morgan fingerprint density at radius 3 is 2.70 bits per heavy atom. The second kappa shape index (κ2) is 8.82. The number of para-hydroxylation sites is 1. The molecule has 6 heteroatoms. The van der Waals surface area contributed by atoms with Crippen LogP contribution in [0.5, 0.6) is 0 Å². The van der Waals surface area contributed by atoms with Crippen molar-refractivity contribution in [2.75, 3.05) is 5.32 Å². The summed E-state index contributed by atoms with van der Waals surface area (Å²) in [6.07, 6.45) is 4.69. The fourth-order valence-electron chi connectivity index (χ4n) is 2.53. The molecule has 0 aromatic heterocycles. The van der Waals surface area contributed by atoms with E-state index in [0.717, 1.165) is 29.4 Å². The lowest BCUT2D eigenvalue weighted by Gasteiger charge is -2.19. The molecule has 23 heavy (non-hydrogen) atoms. The maximum absolute atomic E-state index is 11.9. The summed E-state index contributed by atoms with van der Waals surface area (Å²) in [7, 11) is 0. The zero-order valence-electron chi connectivity index (χ0n) is 13.3. The largest absolute Gasteiger partial charge is 0.325 e. The molecule has 1 aliphatic rings. The first-order valence-corrected chi connectivity index (χ1v) is 8.75. The van der Waals surface area contributed by atoms with Crippen molar-refractivity contribution < 1.29 is 9.59 Å². The van der Waals surface area contributed by atoms with Crippen molar-refractivity contribution in [3.8, 4) is 0 Å². The van der Waals surface area contributed by atoms with Crippen molar-refractivity contribution in [1.29, 1.82) is 0 Å². The second-order valence-corrected chi connectivity index (χ2v) is 6.67. The number of benzene rings is 1.